The molecule has 0 aromatic heterocycles. The van der Waals surface area contributed by atoms with Crippen molar-refractivity contribution in [1.29, 1.82) is 0 Å². The van der Waals surface area contributed by atoms with E-state index in [0.29, 0.717) is 5.41 Å². The highest BCUT2D eigenvalue weighted by Gasteiger charge is 2.09. The van der Waals surface area contributed by atoms with Crippen LogP contribution in [0.15, 0.2) is 0 Å². The van der Waals surface area contributed by atoms with E-state index >= 15 is 0 Å². The summed E-state index contributed by atoms with van der Waals surface area (Å²) in [6.45, 7) is 8.20. The van der Waals surface area contributed by atoms with Crippen molar-refractivity contribution in [2.75, 3.05) is 0 Å². The van der Waals surface area contributed by atoms with Gasteiger partial charge in [0.2, 0.25) is 0 Å². The van der Waals surface area contributed by atoms with Crippen LogP contribution in [0.3, 0.4) is 0 Å². The lowest BCUT2D eigenvalue weighted by atomic mass is 9.89. The zero-order valence-electron chi connectivity index (χ0n) is 7.58. The summed E-state index contributed by atoms with van der Waals surface area (Å²) in [6.07, 6.45) is 2.24. The molecule has 0 nitrogen and oxygen atoms in total. The van der Waals surface area contributed by atoms with Crippen LogP contribution in [-0.2, 0) is 0 Å². The highest BCUT2D eigenvalue weighted by atomic mass is 19.1. The molecule has 0 rings (SSSR count). The van der Waals surface area contributed by atoms with Crippen LogP contribution in [0.4, 0.5) is 4.39 Å². The molecule has 0 saturated heterocycles. The van der Waals surface area contributed by atoms with E-state index in [1.807, 2.05) is 0 Å². The van der Waals surface area contributed by atoms with Crippen molar-refractivity contribution in [2.24, 2.45) is 5.41 Å². The highest BCUT2D eigenvalue weighted by molar-refractivity contribution is 4.62. The van der Waals surface area contributed by atoms with Gasteiger partial charge in [-0.3, -0.25) is 0 Å². The number of halogens is 1. The van der Waals surface area contributed by atoms with Gasteiger partial charge < -0.3 is 0 Å². The molecule has 0 N–H and O–H groups in total. The summed E-state index contributed by atoms with van der Waals surface area (Å²) >= 11 is 0. The summed E-state index contributed by atoms with van der Waals surface area (Å²) in [4.78, 5) is 0. The van der Waals surface area contributed by atoms with Gasteiger partial charge in [-0.15, -0.1) is 0 Å². The molecule has 1 atom stereocenters. The smallest absolute Gasteiger partial charge is 0.0973 e. The molecule has 0 radical (unpaired) electrons. The van der Waals surface area contributed by atoms with Gasteiger partial charge in [-0.2, -0.15) is 0 Å². The fourth-order valence-corrected chi connectivity index (χ4v) is 0.914. The van der Waals surface area contributed by atoms with Gasteiger partial charge in [0.25, 0.3) is 0 Å². The van der Waals surface area contributed by atoms with Gasteiger partial charge in [-0.25, -0.2) is 4.39 Å². The van der Waals surface area contributed by atoms with Crippen molar-refractivity contribution >= 4 is 0 Å². The lowest BCUT2D eigenvalue weighted by molar-refractivity contribution is 0.296. The Morgan fingerprint density at radius 1 is 1.30 bits per heavy atom. The second-order valence-electron chi connectivity index (χ2n) is 4.23. The molecule has 10 heavy (non-hydrogen) atoms. The second-order valence-corrected chi connectivity index (χ2v) is 4.23. The number of rotatable bonds is 3. The monoisotopic (exact) mass is 146 g/mol. The van der Waals surface area contributed by atoms with E-state index in [4.69, 9.17) is 0 Å². The predicted molar refractivity (Wildman–Crippen MR) is 43.9 cm³/mol. The van der Waals surface area contributed by atoms with E-state index < -0.39 is 6.17 Å². The average Bonchev–Trinajstić information content (AvgIpc) is 1.59. The molecule has 0 spiro atoms. The molecule has 0 aliphatic rings. The van der Waals surface area contributed by atoms with Crippen molar-refractivity contribution in [3.63, 3.8) is 0 Å². The zero-order valence-corrected chi connectivity index (χ0v) is 7.58. The second kappa shape index (κ2) is 3.95. The van der Waals surface area contributed by atoms with Crippen molar-refractivity contribution in [3.05, 3.63) is 0 Å². The Bertz CT molecular complexity index is 79.2. The summed E-state index contributed by atoms with van der Waals surface area (Å²) in [5.41, 5.74) is 0.370. The molecule has 0 amide bonds. The Balaban J connectivity index is 3.21. The first-order valence-electron chi connectivity index (χ1n) is 4.06. The average molecular weight is 146 g/mol. The van der Waals surface area contributed by atoms with Gasteiger partial charge in [-0.05, 0) is 25.2 Å². The summed E-state index contributed by atoms with van der Waals surface area (Å²) in [6, 6.07) is 0. The largest absolute Gasteiger partial charge is 0.248 e. The Morgan fingerprint density at radius 2 is 1.80 bits per heavy atom. The number of hydrogen-bond donors (Lipinski definition) is 0. The minimum Gasteiger partial charge on any atom is -0.248 e. The van der Waals surface area contributed by atoms with Crippen LogP contribution in [0.2, 0.25) is 0 Å². The Kier molecular flexibility index (Phi) is 3.92. The van der Waals surface area contributed by atoms with E-state index in [2.05, 4.69) is 20.8 Å². The van der Waals surface area contributed by atoms with Gasteiger partial charge in [0.05, 0.1) is 6.17 Å². The maximum atomic E-state index is 12.3. The zero-order chi connectivity index (χ0) is 8.20. The Labute approximate surface area is 63.8 Å². The molecule has 0 aliphatic heterocycles. The Morgan fingerprint density at radius 3 is 2.10 bits per heavy atom. The molecule has 1 heteroatoms. The van der Waals surface area contributed by atoms with E-state index in [9.17, 15) is 4.39 Å². The van der Waals surface area contributed by atoms with Crippen LogP contribution in [0, 0.1) is 5.41 Å². The Hall–Kier alpha value is -0.0700. The lowest BCUT2D eigenvalue weighted by Crippen LogP contribution is -2.05. The fraction of sp³-hybridized carbons (Fsp3) is 1.00. The summed E-state index contributed by atoms with van der Waals surface area (Å²) < 4.78 is 12.3. The molecule has 0 bridgehead atoms. The van der Waals surface area contributed by atoms with Crippen LogP contribution in [0.25, 0.3) is 0 Å². The van der Waals surface area contributed by atoms with Gasteiger partial charge >= 0.3 is 0 Å². The molecule has 0 heterocycles. The van der Waals surface area contributed by atoms with Crippen molar-refractivity contribution in [3.8, 4) is 0 Å². The molecule has 0 aliphatic carbocycles. The minimum atomic E-state index is -0.623. The summed E-state index contributed by atoms with van der Waals surface area (Å²) in [5, 5.41) is 0. The first kappa shape index (κ1) is 9.93. The van der Waals surface area contributed by atoms with Crippen LogP contribution < -0.4 is 0 Å². The molecular formula is C9H19F. The van der Waals surface area contributed by atoms with E-state index in [1.165, 1.54) is 0 Å². The summed E-state index contributed by atoms with van der Waals surface area (Å²) in [5.74, 6) is 0. The lowest BCUT2D eigenvalue weighted by Gasteiger charge is -2.17. The third-order valence-electron chi connectivity index (χ3n) is 1.53. The molecule has 0 aromatic carbocycles. The molecule has 1 unspecified atom stereocenters. The van der Waals surface area contributed by atoms with E-state index in [-0.39, 0.29) is 0 Å². The van der Waals surface area contributed by atoms with E-state index in [0.717, 1.165) is 19.3 Å². The predicted octanol–water partition coefficient (Wildman–Crippen LogP) is 3.56. The molecule has 0 aromatic rings. The molecular weight excluding hydrogens is 127 g/mol. The SMILES string of the molecule is CC(F)CCCC(C)(C)C. The van der Waals surface area contributed by atoms with Crippen molar-refractivity contribution in [2.45, 2.75) is 53.1 Å². The maximum Gasteiger partial charge on any atom is 0.0973 e. The van der Waals surface area contributed by atoms with Crippen molar-refractivity contribution < 1.29 is 4.39 Å². The molecule has 62 valence electrons. The number of hydrogen-bond acceptors (Lipinski definition) is 0. The van der Waals surface area contributed by atoms with Crippen LogP contribution in [-0.4, -0.2) is 6.17 Å². The van der Waals surface area contributed by atoms with Gasteiger partial charge in [0.1, 0.15) is 0 Å². The van der Waals surface area contributed by atoms with Crippen molar-refractivity contribution in [1.82, 2.24) is 0 Å². The minimum absolute atomic E-state index is 0.370. The third kappa shape index (κ3) is 7.93. The normalized spacial score (nSPS) is 15.3. The third-order valence-corrected chi connectivity index (χ3v) is 1.53. The quantitative estimate of drug-likeness (QED) is 0.571. The first-order valence-corrected chi connectivity index (χ1v) is 4.06. The van der Waals surface area contributed by atoms with Crippen LogP contribution in [0.5, 0.6) is 0 Å². The first-order chi connectivity index (χ1) is 4.42. The summed E-state index contributed by atoms with van der Waals surface area (Å²) in [7, 11) is 0. The molecule has 0 saturated carbocycles. The fourth-order valence-electron chi connectivity index (χ4n) is 0.914. The molecule has 0 fully saturated rings. The highest BCUT2D eigenvalue weighted by Crippen LogP contribution is 2.22. The number of alkyl halides is 1. The van der Waals surface area contributed by atoms with E-state index in [1.54, 1.807) is 6.92 Å². The maximum absolute atomic E-state index is 12.3. The van der Waals surface area contributed by atoms with Crippen LogP contribution in [0.1, 0.15) is 47.0 Å². The standard InChI is InChI=1S/C9H19F/c1-8(10)6-5-7-9(2,3)4/h8H,5-7H2,1-4H3. The van der Waals surface area contributed by atoms with Gasteiger partial charge in [-0.1, -0.05) is 27.2 Å². The van der Waals surface area contributed by atoms with Gasteiger partial charge in [0, 0.05) is 0 Å². The topological polar surface area (TPSA) is 0 Å². The van der Waals surface area contributed by atoms with Crippen LogP contribution >= 0.6 is 0 Å². The van der Waals surface area contributed by atoms with Gasteiger partial charge in [0.15, 0.2) is 0 Å².